The van der Waals surface area contributed by atoms with E-state index in [0.29, 0.717) is 25.5 Å². The maximum atomic E-state index is 11.9. The average Bonchev–Trinajstić information content (AvgIpc) is 2.98. The van der Waals surface area contributed by atoms with E-state index in [1.165, 1.54) is 0 Å². The van der Waals surface area contributed by atoms with Crippen LogP contribution in [0.2, 0.25) is 0 Å². The molecule has 0 aliphatic heterocycles. The molecule has 0 unspecified atom stereocenters. The number of hydrogen-bond donors (Lipinski definition) is 1. The van der Waals surface area contributed by atoms with E-state index in [2.05, 4.69) is 10.4 Å². The van der Waals surface area contributed by atoms with E-state index in [4.69, 9.17) is 4.74 Å². The van der Waals surface area contributed by atoms with Gasteiger partial charge in [0.25, 0.3) is 5.91 Å². The summed E-state index contributed by atoms with van der Waals surface area (Å²) in [7, 11) is 0. The van der Waals surface area contributed by atoms with Crippen LogP contribution in [-0.2, 0) is 11.3 Å². The second-order valence-electron chi connectivity index (χ2n) is 5.07. The zero-order valence-corrected chi connectivity index (χ0v) is 12.5. The molecule has 0 fully saturated rings. The lowest BCUT2D eigenvalue weighted by atomic mass is 10.2. The Labute approximate surface area is 124 Å². The van der Waals surface area contributed by atoms with E-state index in [-0.39, 0.29) is 11.9 Å². The Bertz CT molecular complexity index is 564. The number of hydrogen-bond acceptors (Lipinski definition) is 3. The van der Waals surface area contributed by atoms with Crippen LogP contribution >= 0.6 is 0 Å². The van der Waals surface area contributed by atoms with Crippen LogP contribution in [0.15, 0.2) is 42.6 Å². The van der Waals surface area contributed by atoms with Crippen LogP contribution in [0, 0.1) is 0 Å². The number of amides is 1. The van der Waals surface area contributed by atoms with E-state index in [1.807, 2.05) is 50.4 Å². The molecule has 0 aliphatic rings. The molecule has 2 aromatic rings. The number of carbonyl (C=O) groups excluding carboxylic acids is 1. The minimum atomic E-state index is -0.169. The van der Waals surface area contributed by atoms with Crippen molar-refractivity contribution in [2.24, 2.45) is 0 Å². The van der Waals surface area contributed by atoms with Crippen LogP contribution in [0.4, 0.5) is 0 Å². The van der Waals surface area contributed by atoms with E-state index in [1.54, 1.807) is 10.7 Å². The second kappa shape index (κ2) is 7.59. The highest BCUT2D eigenvalue weighted by Gasteiger charge is 2.09. The normalized spacial score (nSPS) is 10.8. The fraction of sp³-hybridized carbons (Fsp3) is 0.375. The molecule has 112 valence electrons. The molecule has 2 rings (SSSR count). The Balaban J connectivity index is 1.67. The SMILES string of the molecule is CC(C)n1ccc(C(=O)NCCOCc2ccccc2)n1. The zero-order chi connectivity index (χ0) is 15.1. The van der Waals surface area contributed by atoms with E-state index >= 15 is 0 Å². The molecule has 1 amide bonds. The fourth-order valence-electron chi connectivity index (χ4n) is 1.84. The number of benzene rings is 1. The quantitative estimate of drug-likeness (QED) is 0.796. The summed E-state index contributed by atoms with van der Waals surface area (Å²) in [4.78, 5) is 11.9. The summed E-state index contributed by atoms with van der Waals surface area (Å²) in [6, 6.07) is 11.9. The number of ether oxygens (including phenoxy) is 1. The van der Waals surface area contributed by atoms with Crippen molar-refractivity contribution in [1.29, 1.82) is 0 Å². The van der Waals surface area contributed by atoms with E-state index in [9.17, 15) is 4.79 Å². The molecule has 5 heteroatoms. The second-order valence-corrected chi connectivity index (χ2v) is 5.07. The molecular weight excluding hydrogens is 266 g/mol. The molecule has 0 saturated carbocycles. The first-order chi connectivity index (χ1) is 10.2. The van der Waals surface area contributed by atoms with Gasteiger partial charge in [-0.2, -0.15) is 5.10 Å². The molecule has 0 saturated heterocycles. The van der Waals surface area contributed by atoms with Gasteiger partial charge in [0.1, 0.15) is 5.69 Å². The van der Waals surface area contributed by atoms with Crippen LogP contribution in [0.5, 0.6) is 0 Å². The van der Waals surface area contributed by atoms with Gasteiger partial charge in [0, 0.05) is 18.8 Å². The van der Waals surface area contributed by atoms with Crippen molar-refractivity contribution in [3.8, 4) is 0 Å². The first-order valence-electron chi connectivity index (χ1n) is 7.12. The number of nitrogens with one attached hydrogen (secondary N) is 1. The smallest absolute Gasteiger partial charge is 0.271 e. The highest BCUT2D eigenvalue weighted by atomic mass is 16.5. The van der Waals surface area contributed by atoms with Gasteiger partial charge < -0.3 is 10.1 Å². The van der Waals surface area contributed by atoms with Gasteiger partial charge in [0.15, 0.2) is 0 Å². The minimum absolute atomic E-state index is 0.169. The minimum Gasteiger partial charge on any atom is -0.375 e. The Morgan fingerprint density at radius 1 is 1.29 bits per heavy atom. The van der Waals surface area contributed by atoms with Gasteiger partial charge in [-0.1, -0.05) is 30.3 Å². The predicted molar refractivity (Wildman–Crippen MR) is 81.0 cm³/mol. The molecule has 0 aliphatic carbocycles. The number of aromatic nitrogens is 2. The topological polar surface area (TPSA) is 56.2 Å². The standard InChI is InChI=1S/C16H21N3O2/c1-13(2)19-10-8-15(18-19)16(20)17-9-11-21-12-14-6-4-3-5-7-14/h3-8,10,13H,9,11-12H2,1-2H3,(H,17,20). The van der Waals surface area contributed by atoms with Crippen molar-refractivity contribution in [2.75, 3.05) is 13.2 Å². The maximum Gasteiger partial charge on any atom is 0.271 e. The third-order valence-electron chi connectivity index (χ3n) is 3.01. The number of carbonyl (C=O) groups is 1. The third kappa shape index (κ3) is 4.72. The molecule has 1 N–H and O–H groups in total. The first-order valence-corrected chi connectivity index (χ1v) is 7.12. The Morgan fingerprint density at radius 2 is 2.05 bits per heavy atom. The molecular formula is C16H21N3O2. The van der Waals surface area contributed by atoms with Gasteiger partial charge in [0.05, 0.1) is 13.2 Å². The third-order valence-corrected chi connectivity index (χ3v) is 3.01. The predicted octanol–water partition coefficient (Wildman–Crippen LogP) is 2.41. The summed E-state index contributed by atoms with van der Waals surface area (Å²) in [6.07, 6.45) is 1.81. The molecule has 1 heterocycles. The summed E-state index contributed by atoms with van der Waals surface area (Å²) >= 11 is 0. The van der Waals surface area contributed by atoms with Gasteiger partial charge in [-0.25, -0.2) is 0 Å². The van der Waals surface area contributed by atoms with Gasteiger partial charge in [-0.3, -0.25) is 9.48 Å². The van der Waals surface area contributed by atoms with Gasteiger partial charge in [-0.15, -0.1) is 0 Å². The van der Waals surface area contributed by atoms with E-state index < -0.39 is 0 Å². The summed E-state index contributed by atoms with van der Waals surface area (Å²) < 4.78 is 7.27. The monoisotopic (exact) mass is 287 g/mol. The van der Waals surface area contributed by atoms with Crippen molar-refractivity contribution in [1.82, 2.24) is 15.1 Å². The highest BCUT2D eigenvalue weighted by molar-refractivity contribution is 5.92. The fourth-order valence-corrected chi connectivity index (χ4v) is 1.84. The lowest BCUT2D eigenvalue weighted by molar-refractivity contribution is 0.0895. The largest absolute Gasteiger partial charge is 0.375 e. The van der Waals surface area contributed by atoms with Crippen LogP contribution < -0.4 is 5.32 Å². The van der Waals surface area contributed by atoms with Crippen molar-refractivity contribution in [3.05, 3.63) is 53.9 Å². The summed E-state index contributed by atoms with van der Waals surface area (Å²) in [5.41, 5.74) is 1.56. The number of nitrogens with zero attached hydrogens (tertiary/aromatic N) is 2. The lowest BCUT2D eigenvalue weighted by Crippen LogP contribution is -2.27. The van der Waals surface area contributed by atoms with Crippen molar-refractivity contribution >= 4 is 5.91 Å². The Kier molecular flexibility index (Phi) is 5.51. The number of rotatable bonds is 7. The highest BCUT2D eigenvalue weighted by Crippen LogP contribution is 2.04. The van der Waals surface area contributed by atoms with Crippen LogP contribution in [0.25, 0.3) is 0 Å². The molecule has 0 radical (unpaired) electrons. The van der Waals surface area contributed by atoms with Crippen LogP contribution in [0.3, 0.4) is 0 Å². The lowest BCUT2D eigenvalue weighted by Gasteiger charge is -2.06. The molecule has 0 atom stereocenters. The Morgan fingerprint density at radius 3 is 2.71 bits per heavy atom. The van der Waals surface area contributed by atoms with Crippen LogP contribution in [-0.4, -0.2) is 28.8 Å². The molecule has 1 aromatic carbocycles. The molecule has 21 heavy (non-hydrogen) atoms. The first kappa shape index (κ1) is 15.3. The van der Waals surface area contributed by atoms with Crippen molar-refractivity contribution < 1.29 is 9.53 Å². The molecule has 0 bridgehead atoms. The molecule has 5 nitrogen and oxygen atoms in total. The van der Waals surface area contributed by atoms with Crippen molar-refractivity contribution in [2.45, 2.75) is 26.5 Å². The maximum absolute atomic E-state index is 11.9. The summed E-state index contributed by atoms with van der Waals surface area (Å²) in [6.45, 7) is 5.54. The van der Waals surface area contributed by atoms with Gasteiger partial charge in [0.2, 0.25) is 0 Å². The average molecular weight is 287 g/mol. The van der Waals surface area contributed by atoms with Crippen LogP contribution in [0.1, 0.15) is 35.9 Å². The summed E-state index contributed by atoms with van der Waals surface area (Å²) in [5, 5.41) is 7.02. The molecule has 0 spiro atoms. The van der Waals surface area contributed by atoms with Gasteiger partial charge in [-0.05, 0) is 25.5 Å². The zero-order valence-electron chi connectivity index (χ0n) is 12.5. The Hall–Kier alpha value is -2.14. The summed E-state index contributed by atoms with van der Waals surface area (Å²) in [5.74, 6) is -0.169. The van der Waals surface area contributed by atoms with E-state index in [0.717, 1.165) is 5.56 Å². The van der Waals surface area contributed by atoms with Gasteiger partial charge >= 0.3 is 0 Å². The molecule has 1 aromatic heterocycles. The van der Waals surface area contributed by atoms with Crippen molar-refractivity contribution in [3.63, 3.8) is 0 Å².